The molecule has 2 atom stereocenters. The zero-order chi connectivity index (χ0) is 11.1. The summed E-state index contributed by atoms with van der Waals surface area (Å²) in [5.74, 6) is 4.62. The van der Waals surface area contributed by atoms with E-state index in [-0.39, 0.29) is 0 Å². The van der Waals surface area contributed by atoms with Crippen molar-refractivity contribution >= 4 is 11.8 Å². The second kappa shape index (κ2) is 7.56. The minimum atomic E-state index is 0.801. The molecule has 0 radical (unpaired) electrons. The van der Waals surface area contributed by atoms with Gasteiger partial charge in [-0.05, 0) is 37.0 Å². The fourth-order valence-corrected chi connectivity index (χ4v) is 3.89. The van der Waals surface area contributed by atoms with Gasteiger partial charge in [-0.3, -0.25) is 0 Å². The van der Waals surface area contributed by atoms with Gasteiger partial charge >= 0.3 is 0 Å². The minimum Gasteiger partial charge on any atom is -0.313 e. The average molecular weight is 229 g/mol. The summed E-state index contributed by atoms with van der Waals surface area (Å²) in [5.41, 5.74) is 0. The fraction of sp³-hybridized carbons (Fsp3) is 1.00. The SMILES string of the molecule is CCCNC1CSCC1CC(CC)CC. The summed E-state index contributed by atoms with van der Waals surface area (Å²) in [6.45, 7) is 8.13. The minimum absolute atomic E-state index is 0.801. The molecule has 1 aliphatic heterocycles. The van der Waals surface area contributed by atoms with E-state index < -0.39 is 0 Å². The lowest BCUT2D eigenvalue weighted by Gasteiger charge is -2.23. The van der Waals surface area contributed by atoms with Crippen molar-refractivity contribution in [1.29, 1.82) is 0 Å². The molecule has 0 aliphatic carbocycles. The summed E-state index contributed by atoms with van der Waals surface area (Å²) in [6, 6.07) is 0.801. The van der Waals surface area contributed by atoms with E-state index in [1.54, 1.807) is 0 Å². The second-order valence-corrected chi connectivity index (χ2v) is 5.85. The van der Waals surface area contributed by atoms with Crippen molar-refractivity contribution < 1.29 is 0 Å². The molecule has 0 aromatic carbocycles. The van der Waals surface area contributed by atoms with Crippen molar-refractivity contribution in [2.75, 3.05) is 18.1 Å². The van der Waals surface area contributed by atoms with Crippen LogP contribution >= 0.6 is 11.8 Å². The van der Waals surface area contributed by atoms with Gasteiger partial charge in [0.1, 0.15) is 0 Å². The van der Waals surface area contributed by atoms with Gasteiger partial charge in [0, 0.05) is 11.8 Å². The first kappa shape index (κ1) is 13.4. The van der Waals surface area contributed by atoms with Crippen LogP contribution in [-0.4, -0.2) is 24.1 Å². The third-order valence-electron chi connectivity index (χ3n) is 3.65. The fourth-order valence-electron chi connectivity index (χ4n) is 2.44. The molecular formula is C13H27NS. The Morgan fingerprint density at radius 2 is 1.93 bits per heavy atom. The van der Waals surface area contributed by atoms with E-state index in [0.717, 1.165) is 17.9 Å². The van der Waals surface area contributed by atoms with Gasteiger partial charge in [0.2, 0.25) is 0 Å². The van der Waals surface area contributed by atoms with E-state index in [9.17, 15) is 0 Å². The van der Waals surface area contributed by atoms with Crippen LogP contribution in [0.25, 0.3) is 0 Å². The highest BCUT2D eigenvalue weighted by atomic mass is 32.2. The summed E-state index contributed by atoms with van der Waals surface area (Å²) in [6.07, 6.45) is 5.43. The van der Waals surface area contributed by atoms with Crippen LogP contribution in [0, 0.1) is 11.8 Å². The van der Waals surface area contributed by atoms with Crippen LogP contribution < -0.4 is 5.32 Å². The largest absolute Gasteiger partial charge is 0.313 e. The number of thioether (sulfide) groups is 1. The van der Waals surface area contributed by atoms with Crippen molar-refractivity contribution in [2.45, 2.75) is 52.5 Å². The molecule has 1 aliphatic rings. The van der Waals surface area contributed by atoms with E-state index in [1.165, 1.54) is 43.7 Å². The zero-order valence-corrected chi connectivity index (χ0v) is 11.4. The highest BCUT2D eigenvalue weighted by Gasteiger charge is 2.28. The maximum Gasteiger partial charge on any atom is 0.0194 e. The van der Waals surface area contributed by atoms with Gasteiger partial charge in [-0.15, -0.1) is 0 Å². The third-order valence-corrected chi connectivity index (χ3v) is 4.90. The summed E-state index contributed by atoms with van der Waals surface area (Å²) in [5, 5.41) is 3.71. The number of hydrogen-bond acceptors (Lipinski definition) is 2. The summed E-state index contributed by atoms with van der Waals surface area (Å²) < 4.78 is 0. The van der Waals surface area contributed by atoms with E-state index in [0.29, 0.717) is 0 Å². The van der Waals surface area contributed by atoms with Gasteiger partial charge in [0.15, 0.2) is 0 Å². The van der Waals surface area contributed by atoms with Gasteiger partial charge < -0.3 is 5.32 Å². The van der Waals surface area contributed by atoms with Crippen molar-refractivity contribution in [3.8, 4) is 0 Å². The Labute approximate surface area is 99.8 Å². The predicted molar refractivity (Wildman–Crippen MR) is 71.6 cm³/mol. The first-order valence-corrected chi connectivity index (χ1v) is 7.78. The van der Waals surface area contributed by atoms with Gasteiger partial charge in [-0.1, -0.05) is 33.6 Å². The molecule has 0 bridgehead atoms. The Bertz CT molecular complexity index is 157. The van der Waals surface area contributed by atoms with Crippen molar-refractivity contribution in [2.24, 2.45) is 11.8 Å². The van der Waals surface area contributed by atoms with Gasteiger partial charge in [0.05, 0.1) is 0 Å². The zero-order valence-electron chi connectivity index (χ0n) is 10.6. The summed E-state index contributed by atoms with van der Waals surface area (Å²) >= 11 is 2.14. The van der Waals surface area contributed by atoms with Gasteiger partial charge in [-0.25, -0.2) is 0 Å². The Hall–Kier alpha value is 0.310. The summed E-state index contributed by atoms with van der Waals surface area (Å²) in [7, 11) is 0. The van der Waals surface area contributed by atoms with Gasteiger partial charge in [-0.2, -0.15) is 11.8 Å². The Kier molecular flexibility index (Phi) is 6.74. The van der Waals surface area contributed by atoms with E-state index in [1.807, 2.05) is 0 Å². The van der Waals surface area contributed by atoms with Crippen LogP contribution in [0.5, 0.6) is 0 Å². The van der Waals surface area contributed by atoms with Crippen LogP contribution in [0.3, 0.4) is 0 Å². The highest BCUT2D eigenvalue weighted by Crippen LogP contribution is 2.31. The number of nitrogens with one attached hydrogen (secondary N) is 1. The van der Waals surface area contributed by atoms with Crippen LogP contribution in [0.4, 0.5) is 0 Å². The molecule has 1 fully saturated rings. The Morgan fingerprint density at radius 1 is 1.20 bits per heavy atom. The van der Waals surface area contributed by atoms with Crippen LogP contribution in [-0.2, 0) is 0 Å². The lowest BCUT2D eigenvalue weighted by molar-refractivity contribution is 0.324. The molecule has 15 heavy (non-hydrogen) atoms. The van der Waals surface area contributed by atoms with E-state index in [2.05, 4.69) is 37.8 Å². The van der Waals surface area contributed by atoms with Crippen LogP contribution in [0.2, 0.25) is 0 Å². The molecule has 1 heterocycles. The highest BCUT2D eigenvalue weighted by molar-refractivity contribution is 7.99. The predicted octanol–water partition coefficient (Wildman–Crippen LogP) is 3.54. The van der Waals surface area contributed by atoms with Crippen molar-refractivity contribution in [3.63, 3.8) is 0 Å². The monoisotopic (exact) mass is 229 g/mol. The first-order chi connectivity index (χ1) is 7.31. The smallest absolute Gasteiger partial charge is 0.0194 e. The van der Waals surface area contributed by atoms with Crippen molar-refractivity contribution in [1.82, 2.24) is 5.32 Å². The lowest BCUT2D eigenvalue weighted by Crippen LogP contribution is -2.36. The number of rotatable bonds is 7. The molecule has 1 N–H and O–H groups in total. The third kappa shape index (κ3) is 4.36. The second-order valence-electron chi connectivity index (χ2n) is 4.78. The maximum absolute atomic E-state index is 3.71. The molecule has 0 aromatic heterocycles. The molecule has 0 aromatic rings. The standard InChI is InChI=1S/C13H27NS/c1-4-7-14-13-10-15-9-12(13)8-11(5-2)6-3/h11-14H,4-10H2,1-3H3. The maximum atomic E-state index is 3.71. The Balaban J connectivity index is 2.31. The Morgan fingerprint density at radius 3 is 2.53 bits per heavy atom. The molecule has 1 rings (SSSR count). The topological polar surface area (TPSA) is 12.0 Å². The van der Waals surface area contributed by atoms with E-state index >= 15 is 0 Å². The molecule has 2 unspecified atom stereocenters. The number of hydrogen-bond donors (Lipinski definition) is 1. The normalized spacial score (nSPS) is 26.4. The van der Waals surface area contributed by atoms with Crippen LogP contribution in [0.1, 0.15) is 46.5 Å². The van der Waals surface area contributed by atoms with E-state index in [4.69, 9.17) is 0 Å². The molecular weight excluding hydrogens is 202 g/mol. The lowest BCUT2D eigenvalue weighted by atomic mass is 9.88. The molecule has 1 nitrogen and oxygen atoms in total. The molecule has 90 valence electrons. The molecule has 2 heteroatoms. The van der Waals surface area contributed by atoms with Crippen LogP contribution in [0.15, 0.2) is 0 Å². The average Bonchev–Trinajstić information content (AvgIpc) is 2.70. The van der Waals surface area contributed by atoms with Crippen molar-refractivity contribution in [3.05, 3.63) is 0 Å². The molecule has 0 amide bonds. The molecule has 0 saturated carbocycles. The first-order valence-electron chi connectivity index (χ1n) is 6.62. The molecule has 0 spiro atoms. The summed E-state index contributed by atoms with van der Waals surface area (Å²) in [4.78, 5) is 0. The molecule has 1 saturated heterocycles. The quantitative estimate of drug-likeness (QED) is 0.716. The van der Waals surface area contributed by atoms with Gasteiger partial charge in [0.25, 0.3) is 0 Å².